The van der Waals surface area contributed by atoms with Crippen LogP contribution in [-0.4, -0.2) is 15.6 Å². The maximum atomic E-state index is 6.34. The van der Waals surface area contributed by atoms with Gasteiger partial charge in [-0.3, -0.25) is 0 Å². The summed E-state index contributed by atoms with van der Waals surface area (Å²) in [5.41, 5.74) is 8.09. The topological polar surface area (TPSA) is 43.8 Å². The van der Waals surface area contributed by atoms with Gasteiger partial charge < -0.3 is 10.3 Å². The molecule has 0 radical (unpaired) electrons. The fourth-order valence-corrected chi connectivity index (χ4v) is 2.64. The van der Waals surface area contributed by atoms with Crippen LogP contribution in [0.2, 0.25) is 5.02 Å². The number of nitrogens with two attached hydrogens (primary N) is 1. The predicted octanol–water partition coefficient (Wildman–Crippen LogP) is 3.48. The van der Waals surface area contributed by atoms with Crippen molar-refractivity contribution in [1.29, 1.82) is 0 Å². The van der Waals surface area contributed by atoms with E-state index in [0.717, 1.165) is 21.9 Å². The van der Waals surface area contributed by atoms with Crippen molar-refractivity contribution in [3.8, 4) is 0 Å². The summed E-state index contributed by atoms with van der Waals surface area (Å²) in [7, 11) is 0. The maximum absolute atomic E-state index is 6.34. The Balaban J connectivity index is 2.25. The van der Waals surface area contributed by atoms with Gasteiger partial charge in [-0.15, -0.1) is 0 Å². The molecule has 1 aliphatic carbocycles. The van der Waals surface area contributed by atoms with Gasteiger partial charge in [-0.05, 0) is 31.9 Å². The molecule has 96 valence electrons. The summed E-state index contributed by atoms with van der Waals surface area (Å²) in [4.78, 5) is 4.75. The molecule has 2 atom stereocenters. The smallest absolute Gasteiger partial charge is 0.114 e. The molecule has 4 heteroatoms. The highest BCUT2D eigenvalue weighted by atomic mass is 35.5. The molecule has 18 heavy (non-hydrogen) atoms. The lowest BCUT2D eigenvalue weighted by molar-refractivity contribution is 0.547. The highest BCUT2D eigenvalue weighted by Gasteiger charge is 2.31. The van der Waals surface area contributed by atoms with Gasteiger partial charge in [0.2, 0.25) is 0 Å². The molecule has 1 aromatic heterocycles. The Bertz CT molecular complexity index is 584. The van der Waals surface area contributed by atoms with Crippen molar-refractivity contribution < 1.29 is 0 Å². The minimum Gasteiger partial charge on any atom is -0.327 e. The van der Waals surface area contributed by atoms with Crippen LogP contribution in [0, 0.1) is 0 Å². The van der Waals surface area contributed by atoms with Gasteiger partial charge in [0, 0.05) is 18.0 Å². The summed E-state index contributed by atoms with van der Waals surface area (Å²) < 4.78 is 2.31. The highest BCUT2D eigenvalue weighted by molar-refractivity contribution is 6.35. The molecule has 1 aliphatic rings. The molecule has 2 unspecified atom stereocenters. The summed E-state index contributed by atoms with van der Waals surface area (Å²) in [6.45, 7) is 4.17. The number of nitrogens with zero attached hydrogens (tertiary/aromatic N) is 2. The number of hydrogen-bond acceptors (Lipinski definition) is 2. The molecule has 3 nitrogen and oxygen atoms in total. The molecule has 0 saturated heterocycles. The van der Waals surface area contributed by atoms with Crippen LogP contribution in [0.5, 0.6) is 0 Å². The van der Waals surface area contributed by atoms with E-state index in [4.69, 9.17) is 22.3 Å². The van der Waals surface area contributed by atoms with Crippen LogP contribution in [0.3, 0.4) is 0 Å². The number of fused-ring (bicyclic) bond motifs is 1. The second kappa shape index (κ2) is 4.25. The number of halogens is 1. The van der Waals surface area contributed by atoms with Crippen molar-refractivity contribution in [1.82, 2.24) is 9.55 Å². The molecular weight excluding hydrogens is 246 g/mol. The molecule has 3 rings (SSSR count). The number of rotatable bonds is 3. The molecule has 0 aliphatic heterocycles. The molecule has 1 heterocycles. The summed E-state index contributed by atoms with van der Waals surface area (Å²) in [6.07, 6.45) is 2.44. The van der Waals surface area contributed by atoms with Crippen LogP contribution in [0.15, 0.2) is 18.2 Å². The third kappa shape index (κ3) is 1.82. The molecule has 0 bridgehead atoms. The molecule has 2 aromatic rings. The molecule has 1 saturated carbocycles. The van der Waals surface area contributed by atoms with Crippen LogP contribution in [0.4, 0.5) is 0 Å². The SMILES string of the molecule is CC(N)C(C)c1nc2cccc(Cl)c2n1C1CC1. The van der Waals surface area contributed by atoms with E-state index in [9.17, 15) is 0 Å². The van der Waals surface area contributed by atoms with E-state index < -0.39 is 0 Å². The number of para-hydroxylation sites is 1. The molecule has 2 N–H and O–H groups in total. The van der Waals surface area contributed by atoms with Gasteiger partial charge >= 0.3 is 0 Å². The largest absolute Gasteiger partial charge is 0.327 e. The molecule has 0 amide bonds. The number of benzene rings is 1. The summed E-state index contributed by atoms with van der Waals surface area (Å²) in [6, 6.07) is 6.57. The minimum atomic E-state index is 0.0955. The average Bonchev–Trinajstić information content (AvgIpc) is 3.09. The van der Waals surface area contributed by atoms with Crippen molar-refractivity contribution in [2.45, 2.75) is 44.7 Å². The lowest BCUT2D eigenvalue weighted by atomic mass is 10.0. The van der Waals surface area contributed by atoms with Gasteiger partial charge in [0.15, 0.2) is 0 Å². The van der Waals surface area contributed by atoms with Gasteiger partial charge in [-0.25, -0.2) is 4.98 Å². The third-order valence-corrected chi connectivity index (χ3v) is 4.10. The Kier molecular flexibility index (Phi) is 2.83. The second-order valence-corrected chi connectivity index (χ2v) is 5.73. The van der Waals surface area contributed by atoms with E-state index in [1.807, 2.05) is 25.1 Å². The quantitative estimate of drug-likeness (QED) is 0.921. The van der Waals surface area contributed by atoms with Crippen molar-refractivity contribution in [2.24, 2.45) is 5.73 Å². The van der Waals surface area contributed by atoms with E-state index in [1.54, 1.807) is 0 Å². The van der Waals surface area contributed by atoms with Gasteiger partial charge in [-0.1, -0.05) is 24.6 Å². The summed E-state index contributed by atoms with van der Waals surface area (Å²) in [5, 5.41) is 0.787. The highest BCUT2D eigenvalue weighted by Crippen LogP contribution is 2.42. The Hall–Kier alpha value is -1.06. The molecular formula is C14H18ClN3. The Morgan fingerprint density at radius 3 is 2.72 bits per heavy atom. The van der Waals surface area contributed by atoms with Crippen molar-refractivity contribution >= 4 is 22.6 Å². The first kappa shape index (κ1) is 12.0. The first-order valence-corrected chi connectivity index (χ1v) is 6.89. The average molecular weight is 264 g/mol. The van der Waals surface area contributed by atoms with Crippen LogP contribution < -0.4 is 5.73 Å². The van der Waals surface area contributed by atoms with Crippen LogP contribution in [0.25, 0.3) is 11.0 Å². The van der Waals surface area contributed by atoms with Gasteiger partial charge in [-0.2, -0.15) is 0 Å². The lowest BCUT2D eigenvalue weighted by Crippen LogP contribution is -2.25. The third-order valence-electron chi connectivity index (χ3n) is 3.80. The van der Waals surface area contributed by atoms with Crippen molar-refractivity contribution in [3.05, 3.63) is 29.0 Å². The number of imidazole rings is 1. The van der Waals surface area contributed by atoms with Crippen molar-refractivity contribution in [2.75, 3.05) is 0 Å². The van der Waals surface area contributed by atoms with E-state index in [-0.39, 0.29) is 12.0 Å². The lowest BCUT2D eigenvalue weighted by Gasteiger charge is -2.17. The zero-order valence-electron chi connectivity index (χ0n) is 10.7. The number of hydrogen-bond donors (Lipinski definition) is 1. The fourth-order valence-electron chi connectivity index (χ4n) is 2.38. The molecule has 1 aromatic carbocycles. The van der Waals surface area contributed by atoms with E-state index in [0.29, 0.717) is 6.04 Å². The Labute approximate surface area is 112 Å². The fraction of sp³-hybridized carbons (Fsp3) is 0.500. The normalized spacial score (nSPS) is 19.1. The molecule has 1 fully saturated rings. The van der Waals surface area contributed by atoms with Gasteiger partial charge in [0.25, 0.3) is 0 Å². The van der Waals surface area contributed by atoms with Gasteiger partial charge in [0.05, 0.1) is 16.1 Å². The Morgan fingerprint density at radius 1 is 1.39 bits per heavy atom. The first-order chi connectivity index (χ1) is 8.59. The van der Waals surface area contributed by atoms with E-state index in [2.05, 4.69) is 11.5 Å². The maximum Gasteiger partial charge on any atom is 0.114 e. The standard InChI is InChI=1S/C14H18ClN3/c1-8(9(2)16)14-17-12-5-3-4-11(15)13(12)18(14)10-6-7-10/h3-5,8-10H,6-7,16H2,1-2H3. The second-order valence-electron chi connectivity index (χ2n) is 5.33. The van der Waals surface area contributed by atoms with Gasteiger partial charge in [0.1, 0.15) is 5.82 Å². The predicted molar refractivity (Wildman–Crippen MR) is 75.1 cm³/mol. The van der Waals surface area contributed by atoms with Crippen LogP contribution in [0.1, 0.15) is 44.5 Å². The Morgan fingerprint density at radius 2 is 2.11 bits per heavy atom. The number of aromatic nitrogens is 2. The van der Waals surface area contributed by atoms with Crippen LogP contribution >= 0.6 is 11.6 Å². The van der Waals surface area contributed by atoms with E-state index in [1.165, 1.54) is 12.8 Å². The summed E-state index contributed by atoms with van der Waals surface area (Å²) in [5.74, 6) is 1.32. The van der Waals surface area contributed by atoms with E-state index >= 15 is 0 Å². The minimum absolute atomic E-state index is 0.0955. The van der Waals surface area contributed by atoms with Crippen molar-refractivity contribution in [3.63, 3.8) is 0 Å². The molecule has 0 spiro atoms. The zero-order valence-corrected chi connectivity index (χ0v) is 11.5. The summed E-state index contributed by atoms with van der Waals surface area (Å²) >= 11 is 6.34. The monoisotopic (exact) mass is 263 g/mol. The zero-order chi connectivity index (χ0) is 12.9. The first-order valence-electron chi connectivity index (χ1n) is 6.51. The van der Waals surface area contributed by atoms with Crippen LogP contribution in [-0.2, 0) is 0 Å².